The molecule has 2 aliphatic rings. The van der Waals surface area contributed by atoms with E-state index in [-0.39, 0.29) is 30.2 Å². The highest BCUT2D eigenvalue weighted by molar-refractivity contribution is 5.89. The summed E-state index contributed by atoms with van der Waals surface area (Å²) in [7, 11) is 0. The number of nitrogens with zero attached hydrogens (tertiary/aromatic N) is 1. The Hall–Kier alpha value is -1.59. The molecule has 1 aliphatic heterocycles. The molecule has 1 aliphatic carbocycles. The molecule has 1 saturated carbocycles. The Kier molecular flexibility index (Phi) is 5.20. The van der Waals surface area contributed by atoms with Crippen molar-refractivity contribution >= 4 is 17.8 Å². The maximum atomic E-state index is 12.3. The fraction of sp³-hybridized carbons (Fsp3) is 0.800. The third kappa shape index (κ3) is 3.74. The molecular weight excluding hydrogens is 272 g/mol. The van der Waals surface area contributed by atoms with E-state index in [0.717, 1.165) is 19.3 Å². The van der Waals surface area contributed by atoms with Gasteiger partial charge in [0.05, 0.1) is 11.8 Å². The number of carbonyl (C=O) groups is 3. The number of carboxylic acids is 1. The van der Waals surface area contributed by atoms with Crippen LogP contribution in [-0.4, -0.2) is 46.9 Å². The van der Waals surface area contributed by atoms with Crippen LogP contribution in [0.2, 0.25) is 0 Å². The van der Waals surface area contributed by atoms with Crippen molar-refractivity contribution in [3.05, 3.63) is 0 Å². The summed E-state index contributed by atoms with van der Waals surface area (Å²) < 4.78 is 0. The minimum atomic E-state index is -0.833. The average molecular weight is 296 g/mol. The number of nitrogens with one attached hydrogen (secondary N) is 1. The largest absolute Gasteiger partial charge is 0.481 e. The number of carbonyl (C=O) groups excluding carboxylic acids is 2. The number of amides is 2. The Morgan fingerprint density at radius 2 is 2.00 bits per heavy atom. The van der Waals surface area contributed by atoms with Gasteiger partial charge < -0.3 is 15.3 Å². The minimum absolute atomic E-state index is 0.00769. The molecule has 2 fully saturated rings. The van der Waals surface area contributed by atoms with E-state index in [2.05, 4.69) is 5.32 Å². The van der Waals surface area contributed by atoms with Crippen molar-refractivity contribution in [2.45, 2.75) is 51.5 Å². The summed E-state index contributed by atoms with van der Waals surface area (Å²) in [5, 5.41) is 12.2. The molecule has 0 bridgehead atoms. The van der Waals surface area contributed by atoms with Crippen LogP contribution in [0.25, 0.3) is 0 Å². The number of carboxylic acid groups (broad SMARTS) is 1. The van der Waals surface area contributed by atoms with Gasteiger partial charge in [-0.15, -0.1) is 0 Å². The van der Waals surface area contributed by atoms with E-state index in [1.54, 1.807) is 4.90 Å². The second kappa shape index (κ2) is 6.91. The Bertz CT molecular complexity index is 424. The second-order valence-electron chi connectivity index (χ2n) is 6.03. The van der Waals surface area contributed by atoms with E-state index in [1.165, 1.54) is 0 Å². The summed E-state index contributed by atoms with van der Waals surface area (Å²) in [4.78, 5) is 37.0. The van der Waals surface area contributed by atoms with E-state index in [0.29, 0.717) is 25.9 Å². The van der Waals surface area contributed by atoms with Gasteiger partial charge in [-0.25, -0.2) is 0 Å². The fourth-order valence-electron chi connectivity index (χ4n) is 3.33. The number of aliphatic carboxylic acids is 1. The van der Waals surface area contributed by atoms with Crippen molar-refractivity contribution < 1.29 is 19.5 Å². The van der Waals surface area contributed by atoms with Gasteiger partial charge in [0.15, 0.2) is 0 Å². The topological polar surface area (TPSA) is 86.7 Å². The Balaban J connectivity index is 1.97. The van der Waals surface area contributed by atoms with Gasteiger partial charge in [0.25, 0.3) is 0 Å². The molecule has 1 heterocycles. The monoisotopic (exact) mass is 296 g/mol. The van der Waals surface area contributed by atoms with Gasteiger partial charge in [-0.2, -0.15) is 0 Å². The lowest BCUT2D eigenvalue weighted by molar-refractivity contribution is -0.143. The molecule has 3 unspecified atom stereocenters. The van der Waals surface area contributed by atoms with Gasteiger partial charge in [0.2, 0.25) is 11.8 Å². The average Bonchev–Trinajstić information content (AvgIpc) is 2.67. The molecule has 6 heteroatoms. The zero-order valence-electron chi connectivity index (χ0n) is 12.5. The third-order valence-electron chi connectivity index (χ3n) is 4.63. The third-order valence-corrected chi connectivity index (χ3v) is 4.63. The van der Waals surface area contributed by atoms with E-state index in [9.17, 15) is 19.5 Å². The van der Waals surface area contributed by atoms with Gasteiger partial charge >= 0.3 is 5.97 Å². The molecule has 2 amide bonds. The molecular formula is C15H24N2O4. The van der Waals surface area contributed by atoms with Crippen LogP contribution in [0, 0.1) is 11.8 Å². The van der Waals surface area contributed by atoms with Crippen molar-refractivity contribution in [2.75, 3.05) is 13.1 Å². The first kappa shape index (κ1) is 15.8. The molecule has 6 nitrogen and oxygen atoms in total. The highest BCUT2D eigenvalue weighted by Crippen LogP contribution is 2.25. The van der Waals surface area contributed by atoms with Crippen LogP contribution in [-0.2, 0) is 14.4 Å². The van der Waals surface area contributed by atoms with Gasteiger partial charge in [0.1, 0.15) is 0 Å². The molecule has 1 saturated heterocycles. The Labute approximate surface area is 124 Å². The summed E-state index contributed by atoms with van der Waals surface area (Å²) in [5.74, 6) is -1.84. The summed E-state index contributed by atoms with van der Waals surface area (Å²) in [6, 6.07) is -0.303. The summed E-state index contributed by atoms with van der Waals surface area (Å²) in [6.45, 7) is 2.96. The second-order valence-corrected chi connectivity index (χ2v) is 6.03. The highest BCUT2D eigenvalue weighted by Gasteiger charge is 2.36. The highest BCUT2D eigenvalue weighted by atomic mass is 16.4. The number of likely N-dealkylation sites (tertiary alicyclic amines) is 1. The van der Waals surface area contributed by atoms with Gasteiger partial charge in [-0.3, -0.25) is 14.4 Å². The molecule has 0 aromatic carbocycles. The smallest absolute Gasteiger partial charge is 0.308 e. The Morgan fingerprint density at radius 3 is 2.62 bits per heavy atom. The summed E-state index contributed by atoms with van der Waals surface area (Å²) in [5.41, 5.74) is 0. The van der Waals surface area contributed by atoms with Crippen LogP contribution in [0.15, 0.2) is 0 Å². The lowest BCUT2D eigenvalue weighted by Crippen LogP contribution is -2.45. The van der Waals surface area contributed by atoms with Gasteiger partial charge in [0, 0.05) is 25.6 Å². The van der Waals surface area contributed by atoms with Crippen LogP contribution in [0.3, 0.4) is 0 Å². The number of hydrogen-bond donors (Lipinski definition) is 2. The molecule has 0 aromatic rings. The number of hydrogen-bond acceptors (Lipinski definition) is 3. The fourth-order valence-corrected chi connectivity index (χ4v) is 3.33. The molecule has 2 N–H and O–H groups in total. The summed E-state index contributed by atoms with van der Waals surface area (Å²) in [6.07, 6.45) is 4.42. The normalized spacial score (nSPS) is 30.0. The van der Waals surface area contributed by atoms with Crippen LogP contribution in [0.5, 0.6) is 0 Å². The zero-order chi connectivity index (χ0) is 15.4. The SMILES string of the molecule is CCN1CC(C(=O)NC2CCCCCC2C(=O)O)CC1=O. The van der Waals surface area contributed by atoms with Crippen molar-refractivity contribution in [2.24, 2.45) is 11.8 Å². The van der Waals surface area contributed by atoms with Gasteiger partial charge in [-0.1, -0.05) is 19.3 Å². The molecule has 21 heavy (non-hydrogen) atoms. The minimum Gasteiger partial charge on any atom is -0.481 e. The lowest BCUT2D eigenvalue weighted by atomic mass is 9.94. The van der Waals surface area contributed by atoms with Crippen LogP contribution >= 0.6 is 0 Å². The maximum absolute atomic E-state index is 12.3. The van der Waals surface area contributed by atoms with Crippen molar-refractivity contribution in [3.8, 4) is 0 Å². The molecule has 0 aromatic heterocycles. The predicted octanol–water partition coefficient (Wildman–Crippen LogP) is 1.00. The van der Waals surface area contributed by atoms with Crippen molar-refractivity contribution in [1.82, 2.24) is 10.2 Å². The van der Waals surface area contributed by atoms with Crippen molar-refractivity contribution in [3.63, 3.8) is 0 Å². The summed E-state index contributed by atoms with van der Waals surface area (Å²) >= 11 is 0. The van der Waals surface area contributed by atoms with E-state index in [1.807, 2.05) is 6.92 Å². The predicted molar refractivity (Wildman–Crippen MR) is 76.5 cm³/mol. The first-order chi connectivity index (χ1) is 10.0. The van der Waals surface area contributed by atoms with Gasteiger partial charge in [-0.05, 0) is 19.8 Å². The van der Waals surface area contributed by atoms with Crippen molar-refractivity contribution in [1.29, 1.82) is 0 Å². The van der Waals surface area contributed by atoms with E-state index in [4.69, 9.17) is 0 Å². The lowest BCUT2D eigenvalue weighted by Gasteiger charge is -2.24. The number of rotatable bonds is 4. The first-order valence-corrected chi connectivity index (χ1v) is 7.84. The maximum Gasteiger partial charge on any atom is 0.308 e. The standard InChI is InChI=1S/C15H24N2O4/c1-2-17-9-10(8-13(17)18)14(19)16-12-7-5-3-4-6-11(12)15(20)21/h10-12H,2-9H2,1H3,(H,16,19)(H,20,21). The quantitative estimate of drug-likeness (QED) is 0.758. The van der Waals surface area contributed by atoms with Crippen LogP contribution in [0.1, 0.15) is 45.4 Å². The van der Waals surface area contributed by atoms with Crippen LogP contribution < -0.4 is 5.32 Å². The first-order valence-electron chi connectivity index (χ1n) is 7.84. The van der Waals surface area contributed by atoms with Crippen LogP contribution in [0.4, 0.5) is 0 Å². The zero-order valence-corrected chi connectivity index (χ0v) is 12.5. The van der Waals surface area contributed by atoms with E-state index < -0.39 is 11.9 Å². The Morgan fingerprint density at radius 1 is 1.29 bits per heavy atom. The molecule has 3 atom stereocenters. The molecule has 0 radical (unpaired) electrons. The molecule has 2 rings (SSSR count). The molecule has 0 spiro atoms. The molecule has 118 valence electrons. The van der Waals surface area contributed by atoms with E-state index >= 15 is 0 Å².